The Labute approximate surface area is 118 Å². The van der Waals surface area contributed by atoms with Gasteiger partial charge in [-0.25, -0.2) is 8.42 Å². The molecule has 1 aliphatic carbocycles. The molecule has 7 heteroatoms. The van der Waals surface area contributed by atoms with Gasteiger partial charge in [-0.3, -0.25) is 0 Å². The van der Waals surface area contributed by atoms with Gasteiger partial charge in [-0.2, -0.15) is 4.37 Å². The molecule has 0 bridgehead atoms. The molecule has 0 spiro atoms. The zero-order valence-corrected chi connectivity index (χ0v) is 13.1. The quantitative estimate of drug-likeness (QED) is 0.843. The zero-order chi connectivity index (χ0) is 14.2. The first kappa shape index (κ1) is 14.6. The van der Waals surface area contributed by atoms with E-state index in [4.69, 9.17) is 5.73 Å². The van der Waals surface area contributed by atoms with Gasteiger partial charge in [0.1, 0.15) is 9.90 Å². The largest absolute Gasteiger partial charge is 0.382 e. The highest BCUT2D eigenvalue weighted by molar-refractivity contribution is 7.92. The molecule has 1 aliphatic rings. The van der Waals surface area contributed by atoms with Crippen molar-refractivity contribution >= 4 is 32.2 Å². The van der Waals surface area contributed by atoms with Crippen molar-refractivity contribution in [2.45, 2.75) is 56.2 Å². The molecule has 1 saturated carbocycles. The fraction of sp³-hybridized carbons (Fsp3) is 0.750. The zero-order valence-electron chi connectivity index (χ0n) is 11.5. The molecule has 0 aliphatic heterocycles. The van der Waals surface area contributed by atoms with Crippen LogP contribution >= 0.6 is 11.5 Å². The SMILES string of the molecule is CCC(C)C(C)Nc1snc(N)c1S(=O)(=O)C1CC1. The predicted octanol–water partition coefficient (Wildman–Crippen LogP) is 2.51. The topological polar surface area (TPSA) is 85.1 Å². The lowest BCUT2D eigenvalue weighted by molar-refractivity contribution is 0.494. The number of nitrogens with two attached hydrogens (primary N) is 1. The van der Waals surface area contributed by atoms with E-state index in [9.17, 15) is 8.42 Å². The van der Waals surface area contributed by atoms with Gasteiger partial charge in [0.25, 0.3) is 0 Å². The molecule has 19 heavy (non-hydrogen) atoms. The number of rotatable bonds is 6. The van der Waals surface area contributed by atoms with Crippen molar-refractivity contribution in [3.63, 3.8) is 0 Å². The molecule has 108 valence electrons. The Morgan fingerprint density at radius 3 is 2.63 bits per heavy atom. The van der Waals surface area contributed by atoms with E-state index in [0.29, 0.717) is 10.9 Å². The number of aromatic nitrogens is 1. The Kier molecular flexibility index (Phi) is 4.06. The molecular formula is C12H21N3O2S2. The highest BCUT2D eigenvalue weighted by Crippen LogP contribution is 2.41. The van der Waals surface area contributed by atoms with Crippen LogP contribution in [0.2, 0.25) is 0 Å². The highest BCUT2D eigenvalue weighted by atomic mass is 32.2. The minimum absolute atomic E-state index is 0.135. The second-order valence-electron chi connectivity index (χ2n) is 5.29. The third-order valence-electron chi connectivity index (χ3n) is 3.78. The number of hydrogen-bond acceptors (Lipinski definition) is 6. The van der Waals surface area contributed by atoms with Crippen LogP contribution in [-0.4, -0.2) is 24.1 Å². The molecule has 1 aromatic rings. The van der Waals surface area contributed by atoms with E-state index in [2.05, 4.69) is 30.5 Å². The summed E-state index contributed by atoms with van der Waals surface area (Å²) in [5, 5.41) is 3.60. The monoisotopic (exact) mass is 303 g/mol. The van der Waals surface area contributed by atoms with E-state index >= 15 is 0 Å². The molecule has 1 aromatic heterocycles. The average molecular weight is 303 g/mol. The number of nitrogen functional groups attached to an aromatic ring is 1. The second kappa shape index (κ2) is 5.28. The summed E-state index contributed by atoms with van der Waals surface area (Å²) in [6.45, 7) is 6.31. The molecule has 3 N–H and O–H groups in total. The third-order valence-corrected chi connectivity index (χ3v) is 7.03. The van der Waals surface area contributed by atoms with Crippen LogP contribution in [0.3, 0.4) is 0 Å². The molecule has 0 saturated heterocycles. The molecule has 0 amide bonds. The minimum Gasteiger partial charge on any atom is -0.382 e. The van der Waals surface area contributed by atoms with Gasteiger partial charge in [0.05, 0.1) is 5.25 Å². The number of anilines is 2. The summed E-state index contributed by atoms with van der Waals surface area (Å²) in [6, 6.07) is 0.193. The molecule has 2 unspecified atom stereocenters. The van der Waals surface area contributed by atoms with E-state index in [1.807, 2.05) is 0 Å². The van der Waals surface area contributed by atoms with Crippen LogP contribution in [0.25, 0.3) is 0 Å². The normalized spacial score (nSPS) is 19.1. The summed E-state index contributed by atoms with van der Waals surface area (Å²) in [5.74, 6) is 0.593. The van der Waals surface area contributed by atoms with E-state index in [-0.39, 0.29) is 22.0 Å². The Hall–Kier alpha value is -0.820. The Morgan fingerprint density at radius 2 is 2.11 bits per heavy atom. The first-order valence-electron chi connectivity index (χ1n) is 6.63. The number of nitrogens with zero attached hydrogens (tertiary/aromatic N) is 1. The van der Waals surface area contributed by atoms with Crippen LogP contribution in [0, 0.1) is 5.92 Å². The van der Waals surface area contributed by atoms with E-state index in [1.165, 1.54) is 0 Å². The smallest absolute Gasteiger partial charge is 0.187 e. The van der Waals surface area contributed by atoms with Gasteiger partial charge >= 0.3 is 0 Å². The molecule has 0 radical (unpaired) electrons. The summed E-state index contributed by atoms with van der Waals surface area (Å²) in [4.78, 5) is 0.218. The van der Waals surface area contributed by atoms with Crippen LogP contribution in [-0.2, 0) is 9.84 Å². The Morgan fingerprint density at radius 1 is 1.47 bits per heavy atom. The standard InChI is InChI=1S/C12H21N3O2S2/c1-4-7(2)8(3)14-12-10(11(13)15-18-12)19(16,17)9-5-6-9/h7-9,14H,4-6H2,1-3H3,(H2,13,15). The molecule has 2 atom stereocenters. The van der Waals surface area contributed by atoms with Gasteiger partial charge in [-0.1, -0.05) is 20.3 Å². The molecule has 1 heterocycles. The van der Waals surface area contributed by atoms with Gasteiger partial charge in [0, 0.05) is 6.04 Å². The predicted molar refractivity (Wildman–Crippen MR) is 79.3 cm³/mol. The van der Waals surface area contributed by atoms with Crippen LogP contribution in [0.5, 0.6) is 0 Å². The van der Waals surface area contributed by atoms with Crippen molar-refractivity contribution in [1.82, 2.24) is 4.37 Å². The second-order valence-corrected chi connectivity index (χ2v) is 8.23. The number of sulfone groups is 1. The van der Waals surface area contributed by atoms with Gasteiger partial charge in [0.2, 0.25) is 0 Å². The third kappa shape index (κ3) is 2.86. The summed E-state index contributed by atoms with van der Waals surface area (Å²) >= 11 is 1.14. The van der Waals surface area contributed by atoms with Crippen molar-refractivity contribution in [3.05, 3.63) is 0 Å². The maximum absolute atomic E-state index is 12.4. The molecule has 0 aromatic carbocycles. The first-order chi connectivity index (χ1) is 8.87. The highest BCUT2D eigenvalue weighted by Gasteiger charge is 2.41. The van der Waals surface area contributed by atoms with Gasteiger partial charge in [-0.15, -0.1) is 0 Å². The van der Waals surface area contributed by atoms with E-state index in [0.717, 1.165) is 30.8 Å². The lowest BCUT2D eigenvalue weighted by Crippen LogP contribution is -2.24. The number of hydrogen-bond donors (Lipinski definition) is 2. The number of nitrogens with one attached hydrogen (secondary N) is 1. The maximum atomic E-state index is 12.4. The Bertz CT molecular complexity index is 549. The molecule has 2 rings (SSSR count). The molecule has 5 nitrogen and oxygen atoms in total. The van der Waals surface area contributed by atoms with Gasteiger partial charge < -0.3 is 11.1 Å². The maximum Gasteiger partial charge on any atom is 0.187 e. The minimum atomic E-state index is -3.30. The molecular weight excluding hydrogens is 282 g/mol. The first-order valence-corrected chi connectivity index (χ1v) is 8.95. The average Bonchev–Trinajstić information content (AvgIpc) is 3.14. The lowest BCUT2D eigenvalue weighted by atomic mass is 10.0. The van der Waals surface area contributed by atoms with Gasteiger partial charge in [0.15, 0.2) is 15.7 Å². The van der Waals surface area contributed by atoms with Crippen LogP contribution in [0.1, 0.15) is 40.0 Å². The van der Waals surface area contributed by atoms with Crippen LogP contribution in [0.15, 0.2) is 4.90 Å². The van der Waals surface area contributed by atoms with Crippen molar-refractivity contribution in [1.29, 1.82) is 0 Å². The molecule has 1 fully saturated rings. The van der Waals surface area contributed by atoms with Crippen molar-refractivity contribution in [3.8, 4) is 0 Å². The Balaban J connectivity index is 2.28. The summed E-state index contributed by atoms with van der Waals surface area (Å²) in [7, 11) is -3.30. The summed E-state index contributed by atoms with van der Waals surface area (Å²) in [6.07, 6.45) is 2.50. The van der Waals surface area contributed by atoms with Gasteiger partial charge in [-0.05, 0) is 37.2 Å². The van der Waals surface area contributed by atoms with E-state index < -0.39 is 9.84 Å². The van der Waals surface area contributed by atoms with E-state index in [1.54, 1.807) is 0 Å². The van der Waals surface area contributed by atoms with Crippen LogP contribution in [0.4, 0.5) is 10.8 Å². The summed E-state index contributed by atoms with van der Waals surface area (Å²) < 4.78 is 28.7. The lowest BCUT2D eigenvalue weighted by Gasteiger charge is -2.20. The van der Waals surface area contributed by atoms with Crippen molar-refractivity contribution in [2.24, 2.45) is 5.92 Å². The fourth-order valence-corrected chi connectivity index (χ4v) is 4.88. The summed E-state index contributed by atoms with van der Waals surface area (Å²) in [5.41, 5.74) is 5.76. The van der Waals surface area contributed by atoms with Crippen molar-refractivity contribution < 1.29 is 8.42 Å². The van der Waals surface area contributed by atoms with Crippen LogP contribution < -0.4 is 11.1 Å². The van der Waals surface area contributed by atoms with Crippen molar-refractivity contribution in [2.75, 3.05) is 11.1 Å². The fourth-order valence-electron chi connectivity index (χ4n) is 1.91.